The van der Waals surface area contributed by atoms with Crippen LogP contribution >= 0.6 is 0 Å². The molecule has 0 bridgehead atoms. The normalized spacial score (nSPS) is 13.2. The number of rotatable bonds is 8. The number of nitrogens with zero attached hydrogens (tertiary/aromatic N) is 2. The maximum absolute atomic E-state index is 11.1. The van der Waals surface area contributed by atoms with Crippen molar-refractivity contribution in [3.05, 3.63) is 83.9 Å². The molecule has 33 heavy (non-hydrogen) atoms. The fraction of sp³-hybridized carbons (Fsp3) is 0.250. The van der Waals surface area contributed by atoms with E-state index in [0.29, 0.717) is 18.1 Å². The van der Waals surface area contributed by atoms with Crippen molar-refractivity contribution in [2.75, 3.05) is 13.1 Å². The SMILES string of the molecule is CCN(CC)Cc1cc(N=C(N)CC(O)c2cc3ccccc3c3ccccc23)ccc1O. The predicted octanol–water partition coefficient (Wildman–Crippen LogP) is 5.65. The lowest BCUT2D eigenvalue weighted by molar-refractivity contribution is 0.188. The van der Waals surface area contributed by atoms with Gasteiger partial charge in [-0.1, -0.05) is 62.4 Å². The summed E-state index contributed by atoms with van der Waals surface area (Å²) in [7, 11) is 0. The van der Waals surface area contributed by atoms with Gasteiger partial charge in [-0.05, 0) is 64.5 Å². The zero-order chi connectivity index (χ0) is 23.4. The molecule has 5 nitrogen and oxygen atoms in total. The molecule has 4 rings (SSSR count). The Kier molecular flexibility index (Phi) is 6.92. The van der Waals surface area contributed by atoms with Gasteiger partial charge in [0.2, 0.25) is 0 Å². The lowest BCUT2D eigenvalue weighted by Crippen LogP contribution is -2.22. The Morgan fingerprint density at radius 3 is 2.30 bits per heavy atom. The van der Waals surface area contributed by atoms with Crippen molar-refractivity contribution in [3.63, 3.8) is 0 Å². The molecule has 0 aliphatic rings. The molecule has 0 amide bonds. The highest BCUT2D eigenvalue weighted by atomic mass is 16.3. The first-order valence-electron chi connectivity index (χ1n) is 11.5. The topological polar surface area (TPSA) is 82.1 Å². The summed E-state index contributed by atoms with van der Waals surface area (Å²) in [6.45, 7) is 6.64. The smallest absolute Gasteiger partial charge is 0.120 e. The number of aliphatic hydroxyl groups excluding tert-OH is 1. The largest absolute Gasteiger partial charge is 0.508 e. The van der Waals surface area contributed by atoms with Crippen LogP contribution in [0.25, 0.3) is 21.5 Å². The first-order chi connectivity index (χ1) is 16.0. The molecule has 1 unspecified atom stereocenters. The van der Waals surface area contributed by atoms with Crippen molar-refractivity contribution in [2.45, 2.75) is 32.9 Å². The monoisotopic (exact) mass is 441 g/mol. The summed E-state index contributed by atoms with van der Waals surface area (Å²) in [6.07, 6.45) is -0.565. The molecular formula is C28H31N3O2. The van der Waals surface area contributed by atoms with Crippen molar-refractivity contribution in [1.29, 1.82) is 0 Å². The number of aliphatic imine (C=N–C) groups is 1. The van der Waals surface area contributed by atoms with Crippen LogP contribution in [0.15, 0.2) is 77.8 Å². The van der Waals surface area contributed by atoms with Crippen LogP contribution in [0.2, 0.25) is 0 Å². The van der Waals surface area contributed by atoms with Gasteiger partial charge in [0, 0.05) is 18.5 Å². The molecule has 1 atom stereocenters. The third-order valence-corrected chi connectivity index (χ3v) is 6.19. The highest BCUT2D eigenvalue weighted by Crippen LogP contribution is 2.33. The van der Waals surface area contributed by atoms with Crippen LogP contribution in [-0.2, 0) is 6.54 Å². The Labute approximate surface area is 194 Å². The second-order valence-corrected chi connectivity index (χ2v) is 8.33. The van der Waals surface area contributed by atoms with Crippen molar-refractivity contribution < 1.29 is 10.2 Å². The molecule has 0 saturated carbocycles. The average molecular weight is 442 g/mol. The van der Waals surface area contributed by atoms with Crippen LogP contribution in [0.3, 0.4) is 0 Å². The van der Waals surface area contributed by atoms with Crippen molar-refractivity contribution in [1.82, 2.24) is 4.90 Å². The van der Waals surface area contributed by atoms with Crippen LogP contribution in [0, 0.1) is 0 Å². The van der Waals surface area contributed by atoms with Crippen molar-refractivity contribution in [3.8, 4) is 5.75 Å². The second kappa shape index (κ2) is 10.0. The number of phenols is 1. The third-order valence-electron chi connectivity index (χ3n) is 6.19. The quantitative estimate of drug-likeness (QED) is 0.187. The molecule has 4 N–H and O–H groups in total. The molecule has 0 aliphatic heterocycles. The Balaban J connectivity index is 1.61. The minimum Gasteiger partial charge on any atom is -0.508 e. The van der Waals surface area contributed by atoms with Crippen molar-refractivity contribution in [2.24, 2.45) is 10.7 Å². The van der Waals surface area contributed by atoms with E-state index < -0.39 is 6.10 Å². The summed E-state index contributed by atoms with van der Waals surface area (Å²) in [6, 6.07) is 23.6. The number of aliphatic hydroxyl groups is 1. The second-order valence-electron chi connectivity index (χ2n) is 8.33. The molecule has 0 spiro atoms. The highest BCUT2D eigenvalue weighted by Gasteiger charge is 2.15. The van der Waals surface area contributed by atoms with Crippen LogP contribution in [-0.4, -0.2) is 34.0 Å². The molecular weight excluding hydrogens is 410 g/mol. The Bertz CT molecular complexity index is 1300. The van der Waals surface area contributed by atoms with E-state index in [1.54, 1.807) is 12.1 Å². The Morgan fingerprint density at radius 2 is 1.58 bits per heavy atom. The van der Waals surface area contributed by atoms with Crippen LogP contribution in [0.1, 0.15) is 37.5 Å². The number of nitrogens with two attached hydrogens (primary N) is 1. The highest BCUT2D eigenvalue weighted by molar-refractivity contribution is 6.09. The van der Waals surface area contributed by atoms with E-state index in [-0.39, 0.29) is 12.2 Å². The van der Waals surface area contributed by atoms with Gasteiger partial charge in [0.1, 0.15) is 11.6 Å². The average Bonchev–Trinajstić information content (AvgIpc) is 2.83. The first-order valence-corrected chi connectivity index (χ1v) is 11.5. The molecule has 0 aromatic heterocycles. The number of hydrogen-bond acceptors (Lipinski definition) is 4. The van der Waals surface area contributed by atoms with Gasteiger partial charge in [-0.15, -0.1) is 0 Å². The summed E-state index contributed by atoms with van der Waals surface area (Å²) in [5, 5.41) is 25.7. The molecule has 5 heteroatoms. The zero-order valence-corrected chi connectivity index (χ0v) is 19.2. The van der Waals surface area contributed by atoms with E-state index in [1.807, 2.05) is 42.5 Å². The van der Waals surface area contributed by atoms with Crippen LogP contribution in [0.5, 0.6) is 5.75 Å². The molecule has 0 aliphatic carbocycles. The van der Waals surface area contributed by atoms with Crippen LogP contribution < -0.4 is 5.73 Å². The van der Waals surface area contributed by atoms with Gasteiger partial charge in [-0.3, -0.25) is 4.90 Å². The van der Waals surface area contributed by atoms with Crippen molar-refractivity contribution >= 4 is 33.1 Å². The fourth-order valence-corrected chi connectivity index (χ4v) is 4.33. The van der Waals surface area contributed by atoms with E-state index in [1.165, 1.54) is 0 Å². The number of fused-ring (bicyclic) bond motifs is 3. The first kappa shape index (κ1) is 22.8. The van der Waals surface area contributed by atoms with E-state index in [2.05, 4.69) is 41.9 Å². The summed E-state index contributed by atoms with van der Waals surface area (Å²) in [5.74, 6) is 0.598. The zero-order valence-electron chi connectivity index (χ0n) is 19.2. The minimum absolute atomic E-state index is 0.217. The molecule has 170 valence electrons. The van der Waals surface area contributed by atoms with E-state index in [4.69, 9.17) is 5.73 Å². The number of hydrogen-bond donors (Lipinski definition) is 3. The standard InChI is InChI=1S/C28H31N3O2/c1-3-31(4-2)18-20-15-21(13-14-26(20)32)30-28(29)17-27(33)25-16-19-9-5-6-10-22(19)23-11-7-8-12-24(23)25/h5-16,27,32-33H,3-4,17-18H2,1-2H3,(H2,29,30). The number of aromatic hydroxyl groups is 1. The summed E-state index contributed by atoms with van der Waals surface area (Å²) >= 11 is 0. The molecule has 4 aromatic carbocycles. The molecule has 0 fully saturated rings. The van der Waals surface area contributed by atoms with Gasteiger partial charge in [-0.2, -0.15) is 0 Å². The minimum atomic E-state index is -0.782. The number of amidine groups is 1. The van der Waals surface area contributed by atoms with Gasteiger partial charge < -0.3 is 15.9 Å². The Morgan fingerprint density at radius 1 is 0.909 bits per heavy atom. The summed E-state index contributed by atoms with van der Waals surface area (Å²) in [5.41, 5.74) is 8.59. The Hall–Kier alpha value is -3.41. The molecule has 0 heterocycles. The van der Waals surface area contributed by atoms with Gasteiger partial charge in [-0.25, -0.2) is 4.99 Å². The van der Waals surface area contributed by atoms with E-state index in [0.717, 1.165) is 45.8 Å². The fourth-order valence-electron chi connectivity index (χ4n) is 4.33. The maximum atomic E-state index is 11.1. The van der Waals surface area contributed by atoms with Crippen LogP contribution in [0.4, 0.5) is 5.69 Å². The molecule has 0 saturated heterocycles. The molecule has 4 aromatic rings. The number of benzene rings is 4. The van der Waals surface area contributed by atoms with E-state index in [9.17, 15) is 10.2 Å². The van der Waals surface area contributed by atoms with Gasteiger partial charge in [0.25, 0.3) is 0 Å². The van der Waals surface area contributed by atoms with Gasteiger partial charge in [0.05, 0.1) is 11.8 Å². The third kappa shape index (κ3) is 5.00. The predicted molar refractivity (Wildman–Crippen MR) is 137 cm³/mol. The summed E-state index contributed by atoms with van der Waals surface area (Å²) in [4.78, 5) is 6.76. The van der Waals surface area contributed by atoms with Gasteiger partial charge >= 0.3 is 0 Å². The molecule has 0 radical (unpaired) electrons. The van der Waals surface area contributed by atoms with E-state index >= 15 is 0 Å². The van der Waals surface area contributed by atoms with Gasteiger partial charge in [0.15, 0.2) is 0 Å². The lowest BCUT2D eigenvalue weighted by atomic mass is 9.93. The number of phenolic OH excluding ortho intramolecular Hbond substituents is 1. The maximum Gasteiger partial charge on any atom is 0.120 e. The lowest BCUT2D eigenvalue weighted by Gasteiger charge is -2.19. The summed E-state index contributed by atoms with van der Waals surface area (Å²) < 4.78 is 0.